The van der Waals surface area contributed by atoms with Gasteiger partial charge in [0.25, 0.3) is 5.91 Å². The second-order valence-corrected chi connectivity index (χ2v) is 6.44. The molecule has 2 aromatic rings. The highest BCUT2D eigenvalue weighted by atomic mass is 16.5. The van der Waals surface area contributed by atoms with Crippen molar-refractivity contribution in [1.29, 1.82) is 0 Å². The average molecular weight is 326 g/mol. The molecule has 0 saturated heterocycles. The van der Waals surface area contributed by atoms with Crippen LogP contribution in [0.2, 0.25) is 0 Å². The molecule has 0 heterocycles. The van der Waals surface area contributed by atoms with Crippen molar-refractivity contribution in [2.75, 3.05) is 20.7 Å². The summed E-state index contributed by atoms with van der Waals surface area (Å²) in [5, 5.41) is 2.88. The van der Waals surface area contributed by atoms with Crippen molar-refractivity contribution in [2.45, 2.75) is 26.9 Å². The Hall–Kier alpha value is -2.33. The Morgan fingerprint density at radius 3 is 2.17 bits per heavy atom. The minimum atomic E-state index is -0.119. The second kappa shape index (κ2) is 8.50. The molecule has 0 unspecified atom stereocenters. The number of carbonyl (C=O) groups is 1. The van der Waals surface area contributed by atoms with Crippen LogP contribution >= 0.6 is 0 Å². The molecule has 24 heavy (non-hydrogen) atoms. The summed E-state index contributed by atoms with van der Waals surface area (Å²) >= 11 is 0. The fourth-order valence-corrected chi connectivity index (χ4v) is 2.54. The maximum atomic E-state index is 11.9. The summed E-state index contributed by atoms with van der Waals surface area (Å²) in [6.07, 6.45) is 0. The highest BCUT2D eigenvalue weighted by Crippen LogP contribution is 2.16. The van der Waals surface area contributed by atoms with Gasteiger partial charge in [-0.15, -0.1) is 0 Å². The molecule has 0 aliphatic rings. The zero-order chi connectivity index (χ0) is 17.5. The highest BCUT2D eigenvalue weighted by Gasteiger charge is 2.04. The Bertz CT molecular complexity index is 658. The van der Waals surface area contributed by atoms with Gasteiger partial charge in [0.2, 0.25) is 0 Å². The standard InChI is InChI=1S/C20H26N2O2/c1-15-9-16(2)11-19(10-15)24-14-20(23)21-12-17-5-7-18(8-6-17)13-22(3)4/h5-11H,12-14H2,1-4H3,(H,21,23). The van der Waals surface area contributed by atoms with Gasteiger partial charge in [0, 0.05) is 13.1 Å². The molecule has 0 aliphatic heterocycles. The summed E-state index contributed by atoms with van der Waals surface area (Å²) < 4.78 is 5.56. The van der Waals surface area contributed by atoms with Gasteiger partial charge in [0.15, 0.2) is 6.61 Å². The van der Waals surface area contributed by atoms with Crippen LogP contribution < -0.4 is 10.1 Å². The lowest BCUT2D eigenvalue weighted by Gasteiger charge is -2.11. The Morgan fingerprint density at radius 1 is 1.00 bits per heavy atom. The summed E-state index contributed by atoms with van der Waals surface area (Å²) in [4.78, 5) is 14.1. The van der Waals surface area contributed by atoms with E-state index >= 15 is 0 Å². The number of rotatable bonds is 7. The number of carbonyl (C=O) groups excluding carboxylic acids is 1. The number of ether oxygens (including phenoxy) is 1. The van der Waals surface area contributed by atoms with Crippen LogP contribution in [-0.4, -0.2) is 31.5 Å². The molecule has 0 aliphatic carbocycles. The largest absolute Gasteiger partial charge is 0.484 e. The molecule has 0 bridgehead atoms. The van der Waals surface area contributed by atoms with Crippen molar-refractivity contribution in [2.24, 2.45) is 0 Å². The zero-order valence-electron chi connectivity index (χ0n) is 14.9. The van der Waals surface area contributed by atoms with Crippen LogP contribution in [0.3, 0.4) is 0 Å². The molecule has 0 spiro atoms. The molecule has 0 atom stereocenters. The maximum absolute atomic E-state index is 11.9. The molecule has 2 aromatic carbocycles. The summed E-state index contributed by atoms with van der Waals surface area (Å²) in [5.41, 5.74) is 4.59. The van der Waals surface area contributed by atoms with Crippen LogP contribution in [0, 0.1) is 13.8 Å². The number of hydrogen-bond acceptors (Lipinski definition) is 3. The Morgan fingerprint density at radius 2 is 1.58 bits per heavy atom. The molecule has 1 amide bonds. The molecule has 4 heteroatoms. The van der Waals surface area contributed by atoms with Crippen molar-refractivity contribution in [3.8, 4) is 5.75 Å². The van der Waals surface area contributed by atoms with Gasteiger partial charge < -0.3 is 15.0 Å². The Balaban J connectivity index is 1.78. The van der Waals surface area contributed by atoms with Gasteiger partial charge in [0.05, 0.1) is 0 Å². The summed E-state index contributed by atoms with van der Waals surface area (Å²) in [5.74, 6) is 0.613. The van der Waals surface area contributed by atoms with E-state index in [1.807, 2.05) is 52.2 Å². The van der Waals surface area contributed by atoms with Crippen molar-refractivity contribution >= 4 is 5.91 Å². The van der Waals surface area contributed by atoms with E-state index in [-0.39, 0.29) is 12.5 Å². The van der Waals surface area contributed by atoms with Crippen LogP contribution in [0.5, 0.6) is 5.75 Å². The summed E-state index contributed by atoms with van der Waals surface area (Å²) in [6, 6.07) is 14.2. The van der Waals surface area contributed by atoms with E-state index in [0.717, 1.165) is 29.0 Å². The van der Waals surface area contributed by atoms with Crippen LogP contribution in [0.1, 0.15) is 22.3 Å². The van der Waals surface area contributed by atoms with Gasteiger partial charge in [-0.1, -0.05) is 30.3 Å². The van der Waals surface area contributed by atoms with E-state index < -0.39 is 0 Å². The van der Waals surface area contributed by atoms with E-state index in [4.69, 9.17) is 4.74 Å². The smallest absolute Gasteiger partial charge is 0.258 e. The first-order chi connectivity index (χ1) is 11.4. The van der Waals surface area contributed by atoms with Crippen molar-refractivity contribution in [1.82, 2.24) is 10.2 Å². The van der Waals surface area contributed by atoms with Crippen LogP contribution in [-0.2, 0) is 17.9 Å². The Kier molecular flexibility index (Phi) is 6.38. The van der Waals surface area contributed by atoms with E-state index in [1.54, 1.807) is 0 Å². The van der Waals surface area contributed by atoms with Gasteiger partial charge in [-0.2, -0.15) is 0 Å². The van der Waals surface area contributed by atoms with E-state index in [9.17, 15) is 4.79 Å². The van der Waals surface area contributed by atoms with Gasteiger partial charge in [-0.05, 0) is 62.3 Å². The second-order valence-electron chi connectivity index (χ2n) is 6.44. The highest BCUT2D eigenvalue weighted by molar-refractivity contribution is 5.77. The van der Waals surface area contributed by atoms with Crippen LogP contribution in [0.4, 0.5) is 0 Å². The molecule has 2 rings (SSSR count). The number of amides is 1. The number of aryl methyl sites for hydroxylation is 2. The molecule has 128 valence electrons. The first-order valence-corrected chi connectivity index (χ1v) is 8.13. The first kappa shape index (κ1) is 18.0. The normalized spacial score (nSPS) is 10.7. The lowest BCUT2D eigenvalue weighted by Crippen LogP contribution is -2.28. The van der Waals surface area contributed by atoms with Gasteiger partial charge in [0.1, 0.15) is 5.75 Å². The van der Waals surface area contributed by atoms with Crippen LogP contribution in [0.25, 0.3) is 0 Å². The SMILES string of the molecule is Cc1cc(C)cc(OCC(=O)NCc2ccc(CN(C)C)cc2)c1. The third-order valence-corrected chi connectivity index (χ3v) is 3.58. The molecule has 0 saturated carbocycles. The fourth-order valence-electron chi connectivity index (χ4n) is 2.54. The third-order valence-electron chi connectivity index (χ3n) is 3.58. The monoisotopic (exact) mass is 326 g/mol. The fraction of sp³-hybridized carbons (Fsp3) is 0.350. The van der Waals surface area contributed by atoms with Crippen molar-refractivity contribution in [3.63, 3.8) is 0 Å². The van der Waals surface area contributed by atoms with E-state index in [2.05, 4.69) is 28.4 Å². The molecule has 4 nitrogen and oxygen atoms in total. The van der Waals surface area contributed by atoms with Crippen molar-refractivity contribution < 1.29 is 9.53 Å². The Labute approximate surface area is 144 Å². The number of nitrogens with one attached hydrogen (secondary N) is 1. The average Bonchev–Trinajstić information content (AvgIpc) is 2.51. The number of nitrogens with zero attached hydrogens (tertiary/aromatic N) is 1. The molecule has 0 aromatic heterocycles. The summed E-state index contributed by atoms with van der Waals surface area (Å²) in [7, 11) is 4.09. The molecule has 0 radical (unpaired) electrons. The van der Waals surface area contributed by atoms with E-state index in [0.29, 0.717) is 6.54 Å². The lowest BCUT2D eigenvalue weighted by molar-refractivity contribution is -0.123. The topological polar surface area (TPSA) is 41.6 Å². The molecular formula is C20H26N2O2. The van der Waals surface area contributed by atoms with Gasteiger partial charge in [-0.3, -0.25) is 4.79 Å². The number of hydrogen-bond donors (Lipinski definition) is 1. The third kappa shape index (κ3) is 6.05. The summed E-state index contributed by atoms with van der Waals surface area (Å²) in [6.45, 7) is 5.48. The van der Waals surface area contributed by atoms with Crippen LogP contribution in [0.15, 0.2) is 42.5 Å². The minimum Gasteiger partial charge on any atom is -0.484 e. The quantitative estimate of drug-likeness (QED) is 0.850. The lowest BCUT2D eigenvalue weighted by atomic mass is 10.1. The number of benzene rings is 2. The van der Waals surface area contributed by atoms with Gasteiger partial charge in [-0.25, -0.2) is 0 Å². The van der Waals surface area contributed by atoms with E-state index in [1.165, 1.54) is 5.56 Å². The first-order valence-electron chi connectivity index (χ1n) is 8.13. The maximum Gasteiger partial charge on any atom is 0.258 e. The molecule has 0 fully saturated rings. The predicted octanol–water partition coefficient (Wildman–Crippen LogP) is 3.06. The minimum absolute atomic E-state index is 0.0294. The van der Waals surface area contributed by atoms with Gasteiger partial charge >= 0.3 is 0 Å². The zero-order valence-corrected chi connectivity index (χ0v) is 14.9. The van der Waals surface area contributed by atoms with Crippen molar-refractivity contribution in [3.05, 3.63) is 64.7 Å². The predicted molar refractivity (Wildman–Crippen MR) is 97.1 cm³/mol. The molecule has 1 N–H and O–H groups in total. The molecular weight excluding hydrogens is 300 g/mol.